The van der Waals surface area contributed by atoms with Crippen molar-refractivity contribution in [2.45, 2.75) is 44.0 Å². The summed E-state index contributed by atoms with van der Waals surface area (Å²) in [5, 5.41) is 9.99. The van der Waals surface area contributed by atoms with Gasteiger partial charge in [0.25, 0.3) is 0 Å². The minimum absolute atomic E-state index is 0.204. The molecule has 1 spiro atoms. The first-order valence-electron chi connectivity index (χ1n) is 5.79. The van der Waals surface area contributed by atoms with Gasteiger partial charge in [-0.05, 0) is 25.7 Å². The highest BCUT2D eigenvalue weighted by molar-refractivity contribution is 4.99. The molecule has 1 heterocycles. The molecule has 0 aromatic rings. The molecule has 1 saturated heterocycles. The Bertz CT molecular complexity index is 223. The van der Waals surface area contributed by atoms with Crippen LogP contribution >= 0.6 is 0 Å². The standard InChI is InChI=1S/C11H18O3/c12-10-5-4-8-2-1-3-9(10)11(8)13-6-7-14-11/h8-10,12H,1-7H2. The summed E-state index contributed by atoms with van der Waals surface area (Å²) >= 11 is 0. The Morgan fingerprint density at radius 2 is 1.79 bits per heavy atom. The first-order chi connectivity index (χ1) is 6.83. The van der Waals surface area contributed by atoms with Gasteiger partial charge < -0.3 is 14.6 Å². The molecule has 2 saturated carbocycles. The Balaban J connectivity index is 1.92. The summed E-state index contributed by atoms with van der Waals surface area (Å²) in [7, 11) is 0. The van der Waals surface area contributed by atoms with Crippen molar-refractivity contribution in [3.05, 3.63) is 0 Å². The SMILES string of the molecule is OC1CCC2CCCC1C21OCCO1. The van der Waals surface area contributed by atoms with Gasteiger partial charge in [-0.1, -0.05) is 6.42 Å². The topological polar surface area (TPSA) is 38.7 Å². The third-order valence-electron chi connectivity index (χ3n) is 4.17. The molecule has 80 valence electrons. The highest BCUT2D eigenvalue weighted by atomic mass is 16.7. The molecule has 1 N–H and O–H groups in total. The van der Waals surface area contributed by atoms with Crippen molar-refractivity contribution in [1.82, 2.24) is 0 Å². The van der Waals surface area contributed by atoms with Crippen molar-refractivity contribution in [1.29, 1.82) is 0 Å². The highest BCUT2D eigenvalue weighted by Gasteiger charge is 2.56. The smallest absolute Gasteiger partial charge is 0.176 e. The van der Waals surface area contributed by atoms with Crippen LogP contribution in [0.25, 0.3) is 0 Å². The maximum absolute atomic E-state index is 9.99. The van der Waals surface area contributed by atoms with Crippen molar-refractivity contribution in [3.8, 4) is 0 Å². The van der Waals surface area contributed by atoms with Crippen LogP contribution in [0.5, 0.6) is 0 Å². The molecule has 3 nitrogen and oxygen atoms in total. The fraction of sp³-hybridized carbons (Fsp3) is 1.00. The minimum atomic E-state index is -0.393. The van der Waals surface area contributed by atoms with E-state index in [0.717, 1.165) is 19.3 Å². The summed E-state index contributed by atoms with van der Waals surface area (Å²) in [5.41, 5.74) is 0. The average molecular weight is 198 g/mol. The van der Waals surface area contributed by atoms with Crippen LogP contribution in [0.2, 0.25) is 0 Å². The maximum atomic E-state index is 9.99. The van der Waals surface area contributed by atoms with Crippen molar-refractivity contribution in [2.75, 3.05) is 13.2 Å². The molecule has 14 heavy (non-hydrogen) atoms. The summed E-state index contributed by atoms with van der Waals surface area (Å²) in [5.74, 6) is 0.375. The summed E-state index contributed by atoms with van der Waals surface area (Å²) < 4.78 is 11.7. The number of ether oxygens (including phenoxy) is 2. The number of rotatable bonds is 0. The molecule has 3 heteroatoms. The summed E-state index contributed by atoms with van der Waals surface area (Å²) in [6, 6.07) is 0. The Morgan fingerprint density at radius 3 is 2.57 bits per heavy atom. The van der Waals surface area contributed by atoms with Crippen molar-refractivity contribution in [3.63, 3.8) is 0 Å². The molecule has 0 aromatic carbocycles. The molecular weight excluding hydrogens is 180 g/mol. The quantitative estimate of drug-likeness (QED) is 0.637. The summed E-state index contributed by atoms with van der Waals surface area (Å²) in [6.07, 6.45) is 5.30. The molecule has 2 bridgehead atoms. The van der Waals surface area contributed by atoms with Gasteiger partial charge in [0, 0.05) is 11.8 Å². The zero-order valence-corrected chi connectivity index (χ0v) is 8.45. The molecule has 0 amide bonds. The van der Waals surface area contributed by atoms with Crippen LogP contribution in [0.15, 0.2) is 0 Å². The van der Waals surface area contributed by atoms with Gasteiger partial charge in [-0.25, -0.2) is 0 Å². The van der Waals surface area contributed by atoms with E-state index in [1.165, 1.54) is 12.8 Å². The molecule has 1 aliphatic heterocycles. The molecule has 0 radical (unpaired) electrons. The van der Waals surface area contributed by atoms with Crippen LogP contribution in [0.4, 0.5) is 0 Å². The van der Waals surface area contributed by atoms with Gasteiger partial charge in [-0.2, -0.15) is 0 Å². The number of aliphatic hydroxyl groups excluding tert-OH is 1. The molecule has 2 aliphatic carbocycles. The van der Waals surface area contributed by atoms with Gasteiger partial charge in [-0.3, -0.25) is 0 Å². The molecule has 3 rings (SSSR count). The largest absolute Gasteiger partial charge is 0.393 e. The van der Waals surface area contributed by atoms with Gasteiger partial charge in [-0.15, -0.1) is 0 Å². The first kappa shape index (κ1) is 9.13. The highest BCUT2D eigenvalue weighted by Crippen LogP contribution is 2.51. The van der Waals surface area contributed by atoms with E-state index >= 15 is 0 Å². The van der Waals surface area contributed by atoms with E-state index in [9.17, 15) is 5.11 Å². The first-order valence-corrected chi connectivity index (χ1v) is 5.79. The average Bonchev–Trinajstić information content (AvgIpc) is 2.62. The summed E-state index contributed by atoms with van der Waals surface area (Å²) in [6.45, 7) is 1.42. The second-order valence-electron chi connectivity index (χ2n) is 4.80. The molecule has 3 fully saturated rings. The lowest BCUT2D eigenvalue weighted by Crippen LogP contribution is -2.56. The Kier molecular flexibility index (Phi) is 2.08. The molecular formula is C11H18O3. The third-order valence-corrected chi connectivity index (χ3v) is 4.17. The number of hydrogen-bond donors (Lipinski definition) is 1. The Hall–Kier alpha value is -0.120. The van der Waals surface area contributed by atoms with E-state index < -0.39 is 5.79 Å². The van der Waals surface area contributed by atoms with Crippen LogP contribution < -0.4 is 0 Å². The Morgan fingerprint density at radius 1 is 1.00 bits per heavy atom. The van der Waals surface area contributed by atoms with Crippen LogP contribution in [-0.2, 0) is 9.47 Å². The van der Waals surface area contributed by atoms with Crippen molar-refractivity contribution < 1.29 is 14.6 Å². The predicted molar refractivity (Wildman–Crippen MR) is 50.7 cm³/mol. The Labute approximate surface area is 84.4 Å². The van der Waals surface area contributed by atoms with Crippen LogP contribution in [0.1, 0.15) is 32.1 Å². The normalized spacial score (nSPS) is 45.6. The third kappa shape index (κ3) is 1.09. The zero-order valence-electron chi connectivity index (χ0n) is 8.45. The fourth-order valence-corrected chi connectivity index (χ4v) is 3.56. The van der Waals surface area contributed by atoms with Crippen LogP contribution in [0, 0.1) is 11.8 Å². The minimum Gasteiger partial charge on any atom is -0.393 e. The van der Waals surface area contributed by atoms with Crippen LogP contribution in [-0.4, -0.2) is 30.2 Å². The van der Waals surface area contributed by atoms with E-state index in [2.05, 4.69) is 0 Å². The van der Waals surface area contributed by atoms with Gasteiger partial charge in [0.15, 0.2) is 5.79 Å². The lowest BCUT2D eigenvalue weighted by Gasteiger charge is -2.50. The van der Waals surface area contributed by atoms with Gasteiger partial charge in [0.05, 0.1) is 19.3 Å². The van der Waals surface area contributed by atoms with Gasteiger partial charge >= 0.3 is 0 Å². The van der Waals surface area contributed by atoms with Crippen LogP contribution in [0.3, 0.4) is 0 Å². The monoisotopic (exact) mass is 198 g/mol. The van der Waals surface area contributed by atoms with Crippen molar-refractivity contribution >= 4 is 0 Å². The molecule has 3 aliphatic rings. The van der Waals surface area contributed by atoms with E-state index in [1.807, 2.05) is 0 Å². The predicted octanol–water partition coefficient (Wildman–Crippen LogP) is 1.30. The number of aliphatic hydroxyl groups is 1. The lowest BCUT2D eigenvalue weighted by atomic mass is 9.66. The van der Waals surface area contributed by atoms with E-state index in [-0.39, 0.29) is 12.0 Å². The van der Waals surface area contributed by atoms with E-state index in [4.69, 9.17) is 9.47 Å². The second-order valence-corrected chi connectivity index (χ2v) is 4.80. The molecule has 3 atom stereocenters. The molecule has 0 aromatic heterocycles. The van der Waals surface area contributed by atoms with E-state index in [1.54, 1.807) is 0 Å². The zero-order chi connectivity index (χ0) is 9.60. The summed E-state index contributed by atoms with van der Waals surface area (Å²) in [4.78, 5) is 0. The lowest BCUT2D eigenvalue weighted by molar-refractivity contribution is -0.280. The second kappa shape index (κ2) is 3.19. The van der Waals surface area contributed by atoms with Gasteiger partial charge in [0.2, 0.25) is 0 Å². The van der Waals surface area contributed by atoms with Gasteiger partial charge in [0.1, 0.15) is 0 Å². The van der Waals surface area contributed by atoms with E-state index in [0.29, 0.717) is 19.1 Å². The number of hydrogen-bond acceptors (Lipinski definition) is 3. The fourth-order valence-electron chi connectivity index (χ4n) is 3.56. The molecule has 3 unspecified atom stereocenters. The van der Waals surface area contributed by atoms with Crippen molar-refractivity contribution in [2.24, 2.45) is 11.8 Å². The maximum Gasteiger partial charge on any atom is 0.176 e.